The van der Waals surface area contributed by atoms with Gasteiger partial charge in [0.15, 0.2) is 0 Å². The van der Waals surface area contributed by atoms with Crippen molar-refractivity contribution in [3.63, 3.8) is 0 Å². The van der Waals surface area contributed by atoms with E-state index in [-0.39, 0.29) is 15.8 Å². The lowest BCUT2D eigenvalue weighted by Crippen LogP contribution is -1.63. The Labute approximate surface area is 68.2 Å². The normalized spacial score (nSPS) is 8.36. The third-order valence-electron chi connectivity index (χ3n) is 1.33. The number of rotatable bonds is 0. The summed E-state index contributed by atoms with van der Waals surface area (Å²) in [5.74, 6) is 0. The zero-order valence-corrected chi connectivity index (χ0v) is 5.41. The van der Waals surface area contributed by atoms with Gasteiger partial charge in [-0.2, -0.15) is 0 Å². The average molecular weight is 145 g/mol. The van der Waals surface area contributed by atoms with Crippen LogP contribution in [0, 0.1) is 0 Å². The lowest BCUT2D eigenvalue weighted by atomic mass is 10.3. The van der Waals surface area contributed by atoms with E-state index in [1.54, 1.807) is 6.33 Å². The largest absolute Gasteiger partial charge is 0.345 e. The van der Waals surface area contributed by atoms with Gasteiger partial charge in [0.2, 0.25) is 0 Å². The zero-order valence-electron chi connectivity index (χ0n) is 5.41. The monoisotopic (exact) mass is 145 g/mol. The lowest BCUT2D eigenvalue weighted by molar-refractivity contribution is 1.34. The van der Waals surface area contributed by atoms with E-state index >= 15 is 0 Å². The summed E-state index contributed by atoms with van der Waals surface area (Å²) in [5.41, 5.74) is 2.12. The second-order valence-corrected chi connectivity index (χ2v) is 1.92. The average Bonchev–Trinajstić information content (AvgIpc) is 2.33. The van der Waals surface area contributed by atoms with Crippen molar-refractivity contribution in [1.82, 2.24) is 9.97 Å². The number of para-hydroxylation sites is 2. The minimum atomic E-state index is 0. The summed E-state index contributed by atoms with van der Waals surface area (Å²) in [6.07, 6.45) is 1.70. The van der Waals surface area contributed by atoms with Gasteiger partial charge in [0.05, 0.1) is 17.4 Å². The minimum Gasteiger partial charge on any atom is -0.345 e. The van der Waals surface area contributed by atoms with Crippen LogP contribution in [0.5, 0.6) is 0 Å². The van der Waals surface area contributed by atoms with Crippen molar-refractivity contribution in [1.29, 1.82) is 0 Å². The van der Waals surface area contributed by atoms with Gasteiger partial charge in [-0.3, -0.25) is 0 Å². The number of hydrogen-bond acceptors (Lipinski definition) is 1. The zero-order chi connectivity index (χ0) is 6.10. The molecule has 0 aliphatic carbocycles. The van der Waals surface area contributed by atoms with E-state index in [0.717, 1.165) is 11.0 Å². The summed E-state index contributed by atoms with van der Waals surface area (Å²) in [7, 11) is 0. The number of H-pyrrole nitrogens is 1. The lowest BCUT2D eigenvalue weighted by Gasteiger charge is -1.81. The van der Waals surface area contributed by atoms with Crippen LogP contribution >= 0.6 is 0 Å². The Morgan fingerprint density at radius 1 is 1.18 bits per heavy atom. The van der Waals surface area contributed by atoms with Crippen molar-refractivity contribution >= 4 is 19.4 Å². The number of fused-ring (bicyclic) bond motifs is 1. The molecule has 1 aromatic carbocycles. The molecule has 0 bridgehead atoms. The molecule has 2 nitrogen and oxygen atoms in total. The Bertz CT molecular complexity index is 286. The van der Waals surface area contributed by atoms with Gasteiger partial charge in [-0.1, -0.05) is 19.6 Å². The molecule has 3 radical (unpaired) electrons. The van der Waals surface area contributed by atoms with E-state index in [1.807, 2.05) is 24.3 Å². The summed E-state index contributed by atoms with van der Waals surface area (Å²) in [5, 5.41) is 0. The van der Waals surface area contributed by atoms with Gasteiger partial charge in [0, 0.05) is 8.41 Å². The van der Waals surface area contributed by atoms with Crippen LogP contribution in [0.15, 0.2) is 30.6 Å². The fourth-order valence-electron chi connectivity index (χ4n) is 0.880. The molecule has 1 N–H and O–H groups in total. The van der Waals surface area contributed by atoms with E-state index in [9.17, 15) is 0 Å². The Morgan fingerprint density at radius 2 is 1.91 bits per heavy atom. The van der Waals surface area contributed by atoms with E-state index in [4.69, 9.17) is 0 Å². The molecule has 0 unspecified atom stereocenters. The molecule has 11 heavy (non-hydrogen) atoms. The highest BCUT2D eigenvalue weighted by Crippen LogP contribution is 2.05. The van der Waals surface area contributed by atoms with Gasteiger partial charge >= 0.3 is 0 Å². The highest BCUT2D eigenvalue weighted by Gasteiger charge is 1.88. The van der Waals surface area contributed by atoms with E-state index in [1.165, 1.54) is 0 Å². The number of aromatic amines is 1. The summed E-state index contributed by atoms with van der Waals surface area (Å²) < 4.78 is 0. The molecule has 0 saturated carbocycles. The van der Waals surface area contributed by atoms with Gasteiger partial charge in [-0.25, -0.2) is 4.98 Å². The van der Waals surface area contributed by atoms with Crippen LogP contribution in [0.2, 0.25) is 0 Å². The third-order valence-corrected chi connectivity index (χ3v) is 1.33. The van der Waals surface area contributed by atoms with Crippen LogP contribution in [-0.2, 0) is 0 Å². The first-order chi connectivity index (χ1) is 4.47. The maximum atomic E-state index is 4.06. The second-order valence-electron chi connectivity index (χ2n) is 1.92. The molecule has 2 rings (SSSR count). The number of nitrogens with zero attached hydrogens (tertiary/aromatic N) is 1. The fraction of sp³-hybridized carbons (Fsp3) is 0.125. The Kier molecular flexibility index (Phi) is 3.38. The van der Waals surface area contributed by atoms with Crippen LogP contribution in [-0.4, -0.2) is 18.4 Å². The van der Waals surface area contributed by atoms with Crippen LogP contribution in [0.1, 0.15) is 7.43 Å². The molecule has 2 aromatic rings. The van der Waals surface area contributed by atoms with Crippen molar-refractivity contribution in [2.24, 2.45) is 0 Å². The molecule has 0 aliphatic rings. The van der Waals surface area contributed by atoms with Crippen molar-refractivity contribution in [2.75, 3.05) is 0 Å². The quantitative estimate of drug-likeness (QED) is 0.562. The minimum absolute atomic E-state index is 0. The van der Waals surface area contributed by atoms with E-state index in [0.29, 0.717) is 0 Å². The molecular formula is C8H10BN2. The molecule has 1 aromatic heterocycles. The predicted molar refractivity (Wildman–Crippen MR) is 48.6 cm³/mol. The van der Waals surface area contributed by atoms with Crippen molar-refractivity contribution in [3.05, 3.63) is 30.6 Å². The molecule has 0 atom stereocenters. The second kappa shape index (κ2) is 3.81. The Balaban J connectivity index is 0.000000500. The first kappa shape index (κ1) is 9.75. The van der Waals surface area contributed by atoms with E-state index in [2.05, 4.69) is 9.97 Å². The number of nitrogens with one attached hydrogen (secondary N) is 1. The third kappa shape index (κ3) is 1.61. The number of hydrogen-bond donors (Lipinski definition) is 1. The summed E-state index contributed by atoms with van der Waals surface area (Å²) in [4.78, 5) is 7.07. The standard InChI is InChI=1S/C7H6N2.CH4.B/c1-2-4-7-6(3-1)8-5-9-7;;/h1-5H,(H,8,9);1H4;. The van der Waals surface area contributed by atoms with Gasteiger partial charge in [0.1, 0.15) is 0 Å². The Hall–Kier alpha value is -1.25. The molecule has 0 amide bonds. The van der Waals surface area contributed by atoms with Gasteiger partial charge in [-0.15, -0.1) is 0 Å². The van der Waals surface area contributed by atoms with E-state index < -0.39 is 0 Å². The number of benzene rings is 1. The van der Waals surface area contributed by atoms with Crippen LogP contribution in [0.25, 0.3) is 11.0 Å². The Morgan fingerprint density at radius 3 is 2.64 bits per heavy atom. The molecule has 0 spiro atoms. The molecule has 55 valence electrons. The molecule has 0 fully saturated rings. The van der Waals surface area contributed by atoms with Crippen LogP contribution in [0.4, 0.5) is 0 Å². The van der Waals surface area contributed by atoms with Gasteiger partial charge in [-0.05, 0) is 12.1 Å². The maximum absolute atomic E-state index is 4.06. The van der Waals surface area contributed by atoms with Crippen LogP contribution in [0.3, 0.4) is 0 Å². The topological polar surface area (TPSA) is 28.7 Å². The molecule has 3 heteroatoms. The predicted octanol–water partition coefficient (Wildman–Crippen LogP) is 1.82. The first-order valence-corrected chi connectivity index (χ1v) is 2.85. The summed E-state index contributed by atoms with van der Waals surface area (Å²) >= 11 is 0. The van der Waals surface area contributed by atoms with Crippen molar-refractivity contribution in [2.45, 2.75) is 7.43 Å². The smallest absolute Gasteiger partial charge is 0.0931 e. The summed E-state index contributed by atoms with van der Waals surface area (Å²) in [6, 6.07) is 7.94. The summed E-state index contributed by atoms with van der Waals surface area (Å²) in [6.45, 7) is 0. The molecule has 0 aliphatic heterocycles. The van der Waals surface area contributed by atoms with Crippen LogP contribution < -0.4 is 0 Å². The molecule has 0 saturated heterocycles. The van der Waals surface area contributed by atoms with Crippen molar-refractivity contribution in [3.8, 4) is 0 Å². The van der Waals surface area contributed by atoms with Gasteiger partial charge in [0.25, 0.3) is 0 Å². The maximum Gasteiger partial charge on any atom is 0.0931 e. The number of imidazole rings is 1. The first-order valence-electron chi connectivity index (χ1n) is 2.85. The number of aromatic nitrogens is 2. The van der Waals surface area contributed by atoms with Gasteiger partial charge < -0.3 is 4.98 Å². The fourth-order valence-corrected chi connectivity index (χ4v) is 0.880. The van der Waals surface area contributed by atoms with Crippen molar-refractivity contribution < 1.29 is 0 Å². The highest BCUT2D eigenvalue weighted by atomic mass is 14.9. The molecular weight excluding hydrogens is 135 g/mol. The highest BCUT2D eigenvalue weighted by molar-refractivity contribution is 5.75. The SMILES string of the molecule is C.[B].c1ccc2[nH]cnc2c1. The molecule has 1 heterocycles.